The quantitative estimate of drug-likeness (QED) is 0.514. The average molecular weight is 437 g/mol. The number of hydrogen-bond donors (Lipinski definition) is 3. The lowest BCUT2D eigenvalue weighted by Gasteiger charge is -2.26. The number of methoxy groups -OCH3 is 1. The van der Waals surface area contributed by atoms with Gasteiger partial charge in [-0.1, -0.05) is 42.5 Å². The van der Waals surface area contributed by atoms with Gasteiger partial charge in [0.1, 0.15) is 0 Å². The van der Waals surface area contributed by atoms with Crippen molar-refractivity contribution in [2.24, 2.45) is 0 Å². The molecule has 32 heavy (non-hydrogen) atoms. The van der Waals surface area contributed by atoms with E-state index in [4.69, 9.17) is 9.84 Å². The van der Waals surface area contributed by atoms with Crippen molar-refractivity contribution < 1.29 is 34.4 Å². The molecule has 0 unspecified atom stereocenters. The number of carboxylic acids is 1. The number of phenols is 1. The molecule has 8 heteroatoms. The van der Waals surface area contributed by atoms with Gasteiger partial charge in [0.15, 0.2) is 23.0 Å². The third-order valence-corrected chi connectivity index (χ3v) is 5.11. The highest BCUT2D eigenvalue weighted by molar-refractivity contribution is 6.14. The number of amides is 1. The summed E-state index contributed by atoms with van der Waals surface area (Å²) < 4.78 is 5.14. The zero-order chi connectivity index (χ0) is 23.3. The van der Waals surface area contributed by atoms with Gasteiger partial charge in [-0.2, -0.15) is 0 Å². The van der Waals surface area contributed by atoms with Crippen molar-refractivity contribution in [3.8, 4) is 11.5 Å². The van der Waals surface area contributed by atoms with E-state index >= 15 is 0 Å². The number of aliphatic carboxylic acids is 1. The number of benzene rings is 2. The first-order valence-electron chi connectivity index (χ1n) is 9.93. The molecule has 1 heterocycles. The van der Waals surface area contributed by atoms with Crippen LogP contribution in [-0.4, -0.2) is 51.5 Å². The van der Waals surface area contributed by atoms with Crippen LogP contribution >= 0.6 is 0 Å². The molecule has 0 saturated carbocycles. The summed E-state index contributed by atoms with van der Waals surface area (Å²) in [6.07, 6.45) is 2.82. The normalized spacial score (nSPS) is 16.1. The monoisotopic (exact) mass is 437 g/mol. The average Bonchev–Trinajstić information content (AvgIpc) is 3.03. The number of rotatable bonds is 9. The van der Waals surface area contributed by atoms with Crippen molar-refractivity contribution in [2.45, 2.75) is 18.9 Å². The molecule has 8 nitrogen and oxygen atoms in total. The highest BCUT2D eigenvalue weighted by Crippen LogP contribution is 2.40. The number of nitrogens with zero attached hydrogens (tertiary/aromatic N) is 1. The van der Waals surface area contributed by atoms with E-state index in [9.17, 15) is 24.6 Å². The molecule has 3 rings (SSSR count). The van der Waals surface area contributed by atoms with Crippen LogP contribution in [0.1, 0.15) is 30.0 Å². The van der Waals surface area contributed by atoms with Gasteiger partial charge in [-0.3, -0.25) is 14.4 Å². The van der Waals surface area contributed by atoms with Crippen LogP contribution in [0.2, 0.25) is 0 Å². The topological polar surface area (TPSA) is 124 Å². The number of hydrogen-bond acceptors (Lipinski definition) is 6. The summed E-state index contributed by atoms with van der Waals surface area (Å²) in [6, 6.07) is 12.5. The summed E-state index contributed by atoms with van der Waals surface area (Å²) in [5.41, 5.74) is 1.08. The van der Waals surface area contributed by atoms with Crippen LogP contribution in [0.25, 0.3) is 6.08 Å². The maximum Gasteiger partial charge on any atom is 0.303 e. The van der Waals surface area contributed by atoms with Gasteiger partial charge in [0.25, 0.3) is 5.91 Å². The number of phenolic OH excluding ortho intramolecular Hbond substituents is 1. The van der Waals surface area contributed by atoms with Crippen molar-refractivity contribution in [1.29, 1.82) is 0 Å². The van der Waals surface area contributed by atoms with Gasteiger partial charge in [-0.25, -0.2) is 0 Å². The van der Waals surface area contributed by atoms with E-state index in [1.165, 1.54) is 36.3 Å². The number of ketones is 1. The van der Waals surface area contributed by atoms with Crippen LogP contribution in [0, 0.1) is 0 Å². The Morgan fingerprint density at radius 1 is 1.12 bits per heavy atom. The van der Waals surface area contributed by atoms with Crippen molar-refractivity contribution in [3.63, 3.8) is 0 Å². The number of carbonyl (C=O) groups is 3. The number of aliphatic hydroxyl groups excluding tert-OH is 1. The lowest BCUT2D eigenvalue weighted by molar-refractivity contribution is -0.138. The molecule has 1 aliphatic rings. The lowest BCUT2D eigenvalue weighted by Crippen LogP contribution is -2.32. The maximum atomic E-state index is 13.0. The van der Waals surface area contributed by atoms with Gasteiger partial charge in [-0.05, 0) is 35.8 Å². The number of carboxylic acid groups (broad SMARTS) is 1. The van der Waals surface area contributed by atoms with Crippen LogP contribution < -0.4 is 4.74 Å². The first-order chi connectivity index (χ1) is 15.3. The minimum Gasteiger partial charge on any atom is -0.504 e. The van der Waals surface area contributed by atoms with E-state index in [2.05, 4.69) is 0 Å². The Bertz CT molecular complexity index is 1090. The minimum atomic E-state index is -1.02. The molecule has 0 saturated heterocycles. The molecule has 0 aromatic heterocycles. The summed E-state index contributed by atoms with van der Waals surface area (Å²) in [7, 11) is 1.37. The van der Waals surface area contributed by atoms with Gasteiger partial charge in [0.05, 0.1) is 18.7 Å². The predicted octanol–water partition coefficient (Wildman–Crippen LogP) is 3.24. The highest BCUT2D eigenvalue weighted by atomic mass is 16.5. The number of aromatic hydroxyl groups is 1. The first kappa shape index (κ1) is 22.6. The Kier molecular flexibility index (Phi) is 6.94. The molecule has 166 valence electrons. The molecular formula is C24H23NO7. The van der Waals surface area contributed by atoms with E-state index in [0.29, 0.717) is 5.56 Å². The fraction of sp³-hybridized carbons (Fsp3) is 0.208. The van der Waals surface area contributed by atoms with Crippen LogP contribution in [0.5, 0.6) is 11.5 Å². The van der Waals surface area contributed by atoms with E-state index in [1.54, 1.807) is 18.2 Å². The Labute approximate surface area is 184 Å². The van der Waals surface area contributed by atoms with Gasteiger partial charge in [0, 0.05) is 13.0 Å². The van der Waals surface area contributed by atoms with Crippen LogP contribution in [0.3, 0.4) is 0 Å². The van der Waals surface area contributed by atoms with Gasteiger partial charge >= 0.3 is 5.97 Å². The number of carbonyl (C=O) groups excluding carboxylic acids is 2. The minimum absolute atomic E-state index is 0.0161. The van der Waals surface area contributed by atoms with Crippen LogP contribution in [0.4, 0.5) is 0 Å². The van der Waals surface area contributed by atoms with Crippen LogP contribution in [-0.2, 0) is 14.4 Å². The molecule has 0 radical (unpaired) electrons. The summed E-state index contributed by atoms with van der Waals surface area (Å²) in [6.45, 7) is 0.0161. The molecule has 1 aliphatic heterocycles. The zero-order valence-electron chi connectivity index (χ0n) is 17.4. The summed E-state index contributed by atoms with van der Waals surface area (Å²) in [4.78, 5) is 38.0. The Hall–Kier alpha value is -4.07. The third-order valence-electron chi connectivity index (χ3n) is 5.11. The van der Waals surface area contributed by atoms with E-state index in [1.807, 2.05) is 18.2 Å². The second-order valence-corrected chi connectivity index (χ2v) is 7.20. The molecule has 0 fully saturated rings. The first-order valence-corrected chi connectivity index (χ1v) is 9.93. The molecule has 0 spiro atoms. The predicted molar refractivity (Wildman–Crippen MR) is 116 cm³/mol. The van der Waals surface area contributed by atoms with E-state index in [-0.39, 0.29) is 36.5 Å². The van der Waals surface area contributed by atoms with Gasteiger partial charge in [0.2, 0.25) is 0 Å². The number of ether oxygens (including phenoxy) is 1. The molecular weight excluding hydrogens is 414 g/mol. The molecule has 2 aromatic carbocycles. The Balaban J connectivity index is 2.00. The lowest BCUT2D eigenvalue weighted by atomic mass is 9.95. The molecule has 2 aromatic rings. The molecule has 3 N–H and O–H groups in total. The van der Waals surface area contributed by atoms with Crippen molar-refractivity contribution in [2.75, 3.05) is 13.7 Å². The van der Waals surface area contributed by atoms with Gasteiger partial charge in [-0.15, -0.1) is 0 Å². The van der Waals surface area contributed by atoms with Crippen LogP contribution in [0.15, 0.2) is 65.9 Å². The van der Waals surface area contributed by atoms with Crippen molar-refractivity contribution in [3.05, 3.63) is 77.1 Å². The summed E-state index contributed by atoms with van der Waals surface area (Å²) in [5, 5.41) is 29.4. The fourth-order valence-electron chi connectivity index (χ4n) is 3.57. The van der Waals surface area contributed by atoms with Gasteiger partial charge < -0.3 is 25.0 Å². The molecule has 0 bridgehead atoms. The zero-order valence-corrected chi connectivity index (χ0v) is 17.4. The number of aliphatic hydroxyl groups is 1. The molecule has 1 atom stereocenters. The third kappa shape index (κ3) is 4.80. The summed E-state index contributed by atoms with van der Waals surface area (Å²) in [5.74, 6) is -3.00. The Morgan fingerprint density at radius 3 is 2.50 bits per heavy atom. The van der Waals surface area contributed by atoms with E-state index in [0.717, 1.165) is 5.56 Å². The summed E-state index contributed by atoms with van der Waals surface area (Å²) >= 11 is 0. The Morgan fingerprint density at radius 2 is 1.84 bits per heavy atom. The maximum absolute atomic E-state index is 13.0. The molecule has 1 amide bonds. The second kappa shape index (κ2) is 9.82. The molecule has 0 aliphatic carbocycles. The standard InChI is InChI=1S/C24H23NO7/c1-32-19-14-16(10-12-17(19)26)22-21(18(27)11-9-15-6-3-2-4-7-15)23(30)24(31)25(22)13-5-8-20(28)29/h2-4,6-7,9-12,14,22,26,30H,5,8,13H2,1H3,(H,28,29)/b11-9+/t22-/m1/s1. The highest BCUT2D eigenvalue weighted by Gasteiger charge is 2.42. The smallest absolute Gasteiger partial charge is 0.303 e. The number of allylic oxidation sites excluding steroid dienone is 1. The fourth-order valence-corrected chi connectivity index (χ4v) is 3.57. The second-order valence-electron chi connectivity index (χ2n) is 7.20. The SMILES string of the molecule is COc1cc([C@@H]2C(C(=O)/C=C/c3ccccc3)=C(O)C(=O)N2CCCC(=O)O)ccc1O. The van der Waals surface area contributed by atoms with Crippen molar-refractivity contribution >= 4 is 23.7 Å². The van der Waals surface area contributed by atoms with E-state index < -0.39 is 29.5 Å². The largest absolute Gasteiger partial charge is 0.504 e. The van der Waals surface area contributed by atoms with Crippen molar-refractivity contribution in [1.82, 2.24) is 4.90 Å².